The van der Waals surface area contributed by atoms with Crippen molar-refractivity contribution in [2.45, 2.75) is 0 Å². The Bertz CT molecular complexity index is 291. The Morgan fingerprint density at radius 1 is 0.769 bits per heavy atom. The first-order chi connectivity index (χ1) is 5.04. The van der Waals surface area contributed by atoms with Crippen molar-refractivity contribution in [3.05, 3.63) is 35.2 Å². The van der Waals surface area contributed by atoms with Crippen molar-refractivity contribution in [3.63, 3.8) is 0 Å². The van der Waals surface area contributed by atoms with Crippen LogP contribution >= 0.6 is 0 Å². The van der Waals surface area contributed by atoms with Gasteiger partial charge >= 0.3 is 0 Å². The van der Waals surface area contributed by atoms with E-state index < -0.39 is 29.5 Å². The molecule has 0 saturated carbocycles. The second-order valence-corrected chi connectivity index (χ2v) is 1.69. The monoisotopic (exact) mass is 266 g/mol. The Kier molecular flexibility index (Phi) is 6.51. The Balaban J connectivity index is 0. The standard InChI is InChI=1S/C6F5.ClH.Zn/c7-2-1-3(8)5(10)6(11)4(2)9;;/h;1H;/p-1. The van der Waals surface area contributed by atoms with Crippen LogP contribution in [0, 0.1) is 6.17 Å². The SMILES string of the molecule is F[C]1C(F)=C=C(F)C(F)=C1F.[Cl-].[Zn]. The molecule has 0 aromatic carbocycles. The third-order valence-electron chi connectivity index (χ3n) is 0.990. The minimum absolute atomic E-state index is 0. The summed E-state index contributed by atoms with van der Waals surface area (Å²) in [5, 5.41) is 0. The van der Waals surface area contributed by atoms with Crippen LogP contribution in [0.3, 0.4) is 0 Å². The largest absolute Gasteiger partial charge is 1.00 e. The van der Waals surface area contributed by atoms with E-state index in [2.05, 4.69) is 0 Å². The third-order valence-corrected chi connectivity index (χ3v) is 0.990. The van der Waals surface area contributed by atoms with Gasteiger partial charge in [-0.3, -0.25) is 0 Å². The molecule has 0 heterocycles. The molecule has 0 aliphatic heterocycles. The van der Waals surface area contributed by atoms with E-state index in [1.165, 1.54) is 0 Å². The van der Waals surface area contributed by atoms with Gasteiger partial charge in [-0.2, -0.15) is 13.2 Å². The average Bonchev–Trinajstić information content (AvgIpc) is 1.97. The molecule has 0 aromatic heterocycles. The smallest absolute Gasteiger partial charge is 0.270 e. The summed E-state index contributed by atoms with van der Waals surface area (Å²) in [6.07, 6.45) is -2.07. The normalized spacial score (nSPS) is 17.0. The van der Waals surface area contributed by atoms with Gasteiger partial charge in [0.1, 0.15) is 0 Å². The number of hydrogen-bond donors (Lipinski definition) is 0. The first-order valence-electron chi connectivity index (χ1n) is 2.44. The zero-order valence-corrected chi connectivity index (χ0v) is 9.70. The molecule has 0 spiro atoms. The summed E-state index contributed by atoms with van der Waals surface area (Å²) in [4.78, 5) is 0. The summed E-state index contributed by atoms with van der Waals surface area (Å²) >= 11 is 0. The van der Waals surface area contributed by atoms with E-state index >= 15 is 0 Å². The average molecular weight is 268 g/mol. The van der Waals surface area contributed by atoms with Gasteiger partial charge in [0.05, 0.1) is 0 Å². The van der Waals surface area contributed by atoms with Gasteiger partial charge in [-0.1, -0.05) is 0 Å². The van der Waals surface area contributed by atoms with Crippen molar-refractivity contribution in [2.75, 3.05) is 0 Å². The zero-order chi connectivity index (χ0) is 8.59. The molecule has 0 aromatic rings. The van der Waals surface area contributed by atoms with Gasteiger partial charge in [0.15, 0.2) is 11.7 Å². The minimum atomic E-state index is -2.17. The molecule has 0 saturated heterocycles. The van der Waals surface area contributed by atoms with Gasteiger partial charge in [-0.25, -0.2) is 8.78 Å². The molecule has 0 fully saturated rings. The van der Waals surface area contributed by atoms with Crippen molar-refractivity contribution in [2.24, 2.45) is 0 Å². The van der Waals surface area contributed by atoms with Gasteiger partial charge in [-0.05, 0) is 5.73 Å². The maximum Gasteiger partial charge on any atom is 0.270 e. The molecule has 1 aliphatic rings. The molecule has 0 nitrogen and oxygen atoms in total. The molecule has 0 unspecified atom stereocenters. The molecule has 1 aliphatic carbocycles. The first kappa shape index (κ1) is 15.3. The molecular formula is C6ClF5Zn-. The summed E-state index contributed by atoms with van der Waals surface area (Å²) in [5.41, 5.74) is 1.02. The van der Waals surface area contributed by atoms with Crippen molar-refractivity contribution < 1.29 is 53.8 Å². The van der Waals surface area contributed by atoms with Crippen molar-refractivity contribution in [1.82, 2.24) is 0 Å². The summed E-state index contributed by atoms with van der Waals surface area (Å²) in [7, 11) is 0. The number of halogens is 6. The van der Waals surface area contributed by atoms with Crippen molar-refractivity contribution in [3.8, 4) is 0 Å². The van der Waals surface area contributed by atoms with Crippen LogP contribution in [0.4, 0.5) is 22.0 Å². The van der Waals surface area contributed by atoms with E-state index in [1.54, 1.807) is 0 Å². The number of hydrogen-bond acceptors (Lipinski definition) is 0. The molecule has 0 amide bonds. The fraction of sp³-hybridized carbons (Fsp3) is 0. The van der Waals surface area contributed by atoms with Gasteiger partial charge in [-0.15, -0.1) is 0 Å². The van der Waals surface area contributed by atoms with Crippen LogP contribution in [0.5, 0.6) is 0 Å². The van der Waals surface area contributed by atoms with Gasteiger partial charge in [0, 0.05) is 19.5 Å². The van der Waals surface area contributed by atoms with E-state index in [9.17, 15) is 22.0 Å². The van der Waals surface area contributed by atoms with Crippen LogP contribution in [0.25, 0.3) is 0 Å². The van der Waals surface area contributed by atoms with E-state index in [-0.39, 0.29) is 31.9 Å². The van der Waals surface area contributed by atoms with E-state index in [0.717, 1.165) is 5.73 Å². The molecule has 13 heavy (non-hydrogen) atoms. The molecule has 1 radical (unpaired) electrons. The van der Waals surface area contributed by atoms with Crippen LogP contribution in [-0.4, -0.2) is 0 Å². The molecule has 0 bridgehead atoms. The van der Waals surface area contributed by atoms with Crippen LogP contribution in [-0.2, 0) is 19.5 Å². The Hall–Kier alpha value is -0.177. The predicted molar refractivity (Wildman–Crippen MR) is 26.3 cm³/mol. The molecular weight excluding hydrogens is 268 g/mol. The van der Waals surface area contributed by atoms with Gasteiger partial charge in [0.25, 0.3) is 6.17 Å². The van der Waals surface area contributed by atoms with E-state index in [1.807, 2.05) is 0 Å². The second kappa shape index (κ2) is 5.53. The van der Waals surface area contributed by atoms with Crippen molar-refractivity contribution in [1.29, 1.82) is 0 Å². The predicted octanol–water partition coefficient (Wildman–Crippen LogP) is -0.0407. The van der Waals surface area contributed by atoms with Crippen LogP contribution < -0.4 is 12.4 Å². The van der Waals surface area contributed by atoms with Crippen LogP contribution in [0.1, 0.15) is 0 Å². The summed E-state index contributed by atoms with van der Waals surface area (Å²) < 4.78 is 59.9. The summed E-state index contributed by atoms with van der Waals surface area (Å²) in [5.74, 6) is -7.98. The zero-order valence-electron chi connectivity index (χ0n) is 5.97. The number of rotatable bonds is 0. The number of allylic oxidation sites excluding steroid dienone is 3. The van der Waals surface area contributed by atoms with E-state index in [4.69, 9.17) is 0 Å². The quantitative estimate of drug-likeness (QED) is 0.328. The van der Waals surface area contributed by atoms with Crippen LogP contribution in [0.2, 0.25) is 0 Å². The third kappa shape index (κ3) is 2.90. The first-order valence-corrected chi connectivity index (χ1v) is 2.44. The van der Waals surface area contributed by atoms with Crippen molar-refractivity contribution >= 4 is 0 Å². The molecule has 7 heteroatoms. The summed E-state index contributed by atoms with van der Waals surface area (Å²) in [6, 6.07) is 0. The van der Waals surface area contributed by atoms with Gasteiger partial charge < -0.3 is 12.4 Å². The topological polar surface area (TPSA) is 0 Å². The molecule has 69 valence electrons. The fourth-order valence-corrected chi connectivity index (χ4v) is 0.495. The Labute approximate surface area is 89.4 Å². The maximum atomic E-state index is 12.0. The van der Waals surface area contributed by atoms with Gasteiger partial charge in [0.2, 0.25) is 11.7 Å². The molecule has 1 rings (SSSR count). The Morgan fingerprint density at radius 2 is 1.23 bits per heavy atom. The molecule has 0 N–H and O–H groups in total. The van der Waals surface area contributed by atoms with E-state index in [0.29, 0.717) is 0 Å². The fourth-order valence-electron chi connectivity index (χ4n) is 0.495. The van der Waals surface area contributed by atoms with Crippen LogP contribution in [0.15, 0.2) is 29.0 Å². The Morgan fingerprint density at radius 3 is 1.69 bits per heavy atom. The maximum absolute atomic E-state index is 12.0. The minimum Gasteiger partial charge on any atom is -1.00 e. The second-order valence-electron chi connectivity index (χ2n) is 1.69. The molecule has 0 atom stereocenters. The summed E-state index contributed by atoms with van der Waals surface area (Å²) in [6.45, 7) is 0.